The van der Waals surface area contributed by atoms with Crippen LogP contribution in [0.4, 0.5) is 0 Å². The van der Waals surface area contributed by atoms with Crippen LogP contribution >= 0.6 is 58.0 Å². The van der Waals surface area contributed by atoms with E-state index in [1.54, 1.807) is 0 Å². The van der Waals surface area contributed by atoms with E-state index in [0.717, 1.165) is 0 Å². The van der Waals surface area contributed by atoms with E-state index in [9.17, 15) is 0 Å². The number of hydrogen-bond donors (Lipinski definition) is 0. The summed E-state index contributed by atoms with van der Waals surface area (Å²) in [6, 6.07) is 0. The zero-order valence-electron chi connectivity index (χ0n) is 6.35. The highest BCUT2D eigenvalue weighted by Crippen LogP contribution is 2.40. The fourth-order valence-corrected chi connectivity index (χ4v) is 3.29. The highest BCUT2D eigenvalue weighted by molar-refractivity contribution is 6.41. The van der Waals surface area contributed by atoms with E-state index in [1.165, 1.54) is 0 Å². The predicted molar refractivity (Wildman–Crippen MR) is 57.4 cm³/mol. The van der Waals surface area contributed by atoms with Gasteiger partial charge in [-0.25, -0.2) is 0 Å². The Kier molecular flexibility index (Phi) is 4.14. The standard InChI is InChI=1S/C7H9Cl5/c1-2-3(8)5(10)7(12)6(11)4(2)9/h2-7H,1H3/t2?,3-,4+,5+,6?,7?/m1/s1. The Labute approximate surface area is 97.4 Å². The zero-order valence-corrected chi connectivity index (χ0v) is 10.1. The van der Waals surface area contributed by atoms with E-state index < -0.39 is 0 Å². The maximum absolute atomic E-state index is 6.01. The van der Waals surface area contributed by atoms with Gasteiger partial charge in [0.1, 0.15) is 0 Å². The number of rotatable bonds is 0. The average Bonchev–Trinajstić information content (AvgIpc) is 2.08. The van der Waals surface area contributed by atoms with Crippen molar-refractivity contribution >= 4 is 58.0 Å². The van der Waals surface area contributed by atoms with Crippen molar-refractivity contribution in [3.8, 4) is 0 Å². The summed E-state index contributed by atoms with van der Waals surface area (Å²) >= 11 is 29.9. The number of alkyl halides is 5. The molecule has 72 valence electrons. The van der Waals surface area contributed by atoms with Crippen molar-refractivity contribution in [2.75, 3.05) is 0 Å². The second kappa shape index (κ2) is 4.31. The van der Waals surface area contributed by atoms with Gasteiger partial charge in [0.15, 0.2) is 0 Å². The van der Waals surface area contributed by atoms with Gasteiger partial charge in [-0.1, -0.05) is 6.92 Å². The summed E-state index contributed by atoms with van der Waals surface area (Å²) in [5.41, 5.74) is 0. The van der Waals surface area contributed by atoms with Gasteiger partial charge in [-0.3, -0.25) is 0 Å². The molecule has 1 saturated carbocycles. The quantitative estimate of drug-likeness (QED) is 0.589. The van der Waals surface area contributed by atoms with Crippen LogP contribution in [0.5, 0.6) is 0 Å². The summed E-state index contributed by atoms with van der Waals surface area (Å²) in [7, 11) is 0. The van der Waals surface area contributed by atoms with Gasteiger partial charge in [0, 0.05) is 0 Å². The summed E-state index contributed by atoms with van der Waals surface area (Å²) in [6.07, 6.45) is 0. The molecule has 0 nitrogen and oxygen atoms in total. The van der Waals surface area contributed by atoms with Crippen LogP contribution in [0, 0.1) is 5.92 Å². The van der Waals surface area contributed by atoms with E-state index in [0.29, 0.717) is 0 Å². The third-order valence-electron chi connectivity index (χ3n) is 2.22. The molecule has 1 aliphatic carbocycles. The topological polar surface area (TPSA) is 0 Å². The molecule has 0 spiro atoms. The van der Waals surface area contributed by atoms with Crippen LogP contribution in [-0.4, -0.2) is 26.9 Å². The summed E-state index contributed by atoms with van der Waals surface area (Å²) in [6.45, 7) is 1.93. The normalized spacial score (nSPS) is 55.5. The molecule has 0 heterocycles. The average molecular weight is 270 g/mol. The van der Waals surface area contributed by atoms with Gasteiger partial charge in [-0.05, 0) is 5.92 Å². The first-order chi connectivity index (χ1) is 5.46. The molecule has 0 aromatic heterocycles. The molecule has 0 saturated heterocycles. The SMILES string of the molecule is CC1[C@H](Cl)C(Cl)C(Cl)[C@@H](Cl)[C@@H]1Cl. The van der Waals surface area contributed by atoms with Crippen molar-refractivity contribution in [2.45, 2.75) is 33.8 Å². The largest absolute Gasteiger partial charge is 0.121 e. The van der Waals surface area contributed by atoms with Crippen molar-refractivity contribution in [3.63, 3.8) is 0 Å². The maximum atomic E-state index is 6.01. The second-order valence-electron chi connectivity index (χ2n) is 3.08. The van der Waals surface area contributed by atoms with E-state index in [-0.39, 0.29) is 32.8 Å². The van der Waals surface area contributed by atoms with Crippen molar-refractivity contribution in [1.29, 1.82) is 0 Å². The Hall–Kier alpha value is 1.45. The fourth-order valence-electron chi connectivity index (χ4n) is 1.28. The lowest BCUT2D eigenvalue weighted by molar-refractivity contribution is 0.415. The molecule has 3 unspecified atom stereocenters. The van der Waals surface area contributed by atoms with Crippen molar-refractivity contribution in [2.24, 2.45) is 5.92 Å². The molecule has 0 aliphatic heterocycles. The van der Waals surface area contributed by atoms with E-state index in [2.05, 4.69) is 0 Å². The third kappa shape index (κ3) is 1.93. The summed E-state index contributed by atoms with van der Waals surface area (Å²) < 4.78 is 0. The highest BCUT2D eigenvalue weighted by atomic mass is 35.5. The van der Waals surface area contributed by atoms with Gasteiger partial charge in [0.05, 0.1) is 26.9 Å². The van der Waals surface area contributed by atoms with Crippen molar-refractivity contribution < 1.29 is 0 Å². The minimum Gasteiger partial charge on any atom is -0.121 e. The Morgan fingerprint density at radius 1 is 0.583 bits per heavy atom. The highest BCUT2D eigenvalue weighted by Gasteiger charge is 2.45. The van der Waals surface area contributed by atoms with E-state index in [1.807, 2.05) is 6.92 Å². The van der Waals surface area contributed by atoms with E-state index in [4.69, 9.17) is 58.0 Å². The molecule has 1 fully saturated rings. The summed E-state index contributed by atoms with van der Waals surface area (Å²) in [5.74, 6) is 0.0910. The molecule has 0 N–H and O–H groups in total. The molecule has 0 amide bonds. The lowest BCUT2D eigenvalue weighted by Gasteiger charge is -2.39. The van der Waals surface area contributed by atoms with Crippen LogP contribution in [0.3, 0.4) is 0 Å². The van der Waals surface area contributed by atoms with Crippen LogP contribution in [0.2, 0.25) is 0 Å². The van der Waals surface area contributed by atoms with Gasteiger partial charge in [-0.2, -0.15) is 0 Å². The smallest absolute Gasteiger partial charge is 0.0692 e. The van der Waals surface area contributed by atoms with Gasteiger partial charge in [-0.15, -0.1) is 58.0 Å². The predicted octanol–water partition coefficient (Wildman–Crippen LogP) is 3.67. The Morgan fingerprint density at radius 3 is 1.17 bits per heavy atom. The molecular weight excluding hydrogens is 261 g/mol. The molecular formula is C7H9Cl5. The van der Waals surface area contributed by atoms with Gasteiger partial charge < -0.3 is 0 Å². The zero-order chi connectivity index (χ0) is 9.46. The monoisotopic (exact) mass is 268 g/mol. The fraction of sp³-hybridized carbons (Fsp3) is 1.00. The molecule has 1 rings (SSSR count). The first-order valence-electron chi connectivity index (χ1n) is 3.67. The molecule has 1 aliphatic rings. The molecule has 0 aromatic carbocycles. The molecule has 12 heavy (non-hydrogen) atoms. The van der Waals surface area contributed by atoms with Crippen LogP contribution in [0.25, 0.3) is 0 Å². The Bertz CT molecular complexity index is 103. The van der Waals surface area contributed by atoms with Crippen molar-refractivity contribution in [3.05, 3.63) is 0 Å². The van der Waals surface area contributed by atoms with Gasteiger partial charge in [0.25, 0.3) is 0 Å². The Balaban J connectivity index is 2.76. The first-order valence-corrected chi connectivity index (χ1v) is 5.85. The minimum atomic E-state index is -0.352. The maximum Gasteiger partial charge on any atom is 0.0692 e. The van der Waals surface area contributed by atoms with Crippen LogP contribution in [0.1, 0.15) is 6.92 Å². The van der Waals surface area contributed by atoms with Gasteiger partial charge >= 0.3 is 0 Å². The van der Waals surface area contributed by atoms with E-state index >= 15 is 0 Å². The van der Waals surface area contributed by atoms with Gasteiger partial charge in [0.2, 0.25) is 0 Å². The lowest BCUT2D eigenvalue weighted by Crippen LogP contribution is -2.50. The summed E-state index contributed by atoms with van der Waals surface area (Å²) in [5, 5.41) is -1.37. The summed E-state index contributed by atoms with van der Waals surface area (Å²) in [4.78, 5) is 0. The molecule has 0 aromatic rings. The lowest BCUT2D eigenvalue weighted by atomic mass is 9.88. The molecule has 0 bridgehead atoms. The molecule has 0 radical (unpaired) electrons. The van der Waals surface area contributed by atoms with Crippen molar-refractivity contribution in [1.82, 2.24) is 0 Å². The minimum absolute atomic E-state index is 0.0910. The van der Waals surface area contributed by atoms with Crippen LogP contribution < -0.4 is 0 Å². The second-order valence-corrected chi connectivity index (χ2v) is 5.60. The first kappa shape index (κ1) is 11.5. The molecule has 6 atom stereocenters. The number of halogens is 5. The molecule has 5 heteroatoms. The van der Waals surface area contributed by atoms with Crippen LogP contribution in [-0.2, 0) is 0 Å². The number of hydrogen-bond acceptors (Lipinski definition) is 0. The Morgan fingerprint density at radius 2 is 0.833 bits per heavy atom. The third-order valence-corrected chi connectivity index (χ3v) is 5.70. The van der Waals surface area contributed by atoms with Crippen LogP contribution in [0.15, 0.2) is 0 Å².